The average Bonchev–Trinajstić information content (AvgIpc) is 2.49. The van der Waals surface area contributed by atoms with Gasteiger partial charge in [-0.2, -0.15) is 0 Å². The summed E-state index contributed by atoms with van der Waals surface area (Å²) in [5.74, 6) is 1.72. The molecular formula is C15H19BrN4. The maximum absolute atomic E-state index is 4.42. The monoisotopic (exact) mass is 334 g/mol. The molecule has 2 aromatic rings. The molecule has 0 saturated heterocycles. The SMILES string of the molecule is CCCNc1ncnc(N(CC)c2ccccc2)c1Br. The fraction of sp³-hybridized carbons (Fsp3) is 0.333. The van der Waals surface area contributed by atoms with E-state index in [2.05, 4.69) is 62.1 Å². The molecule has 0 aliphatic carbocycles. The largest absolute Gasteiger partial charge is 0.369 e. The highest BCUT2D eigenvalue weighted by Crippen LogP contribution is 2.33. The predicted molar refractivity (Wildman–Crippen MR) is 87.6 cm³/mol. The van der Waals surface area contributed by atoms with Crippen molar-refractivity contribution in [3.63, 3.8) is 0 Å². The summed E-state index contributed by atoms with van der Waals surface area (Å²) in [6.45, 7) is 5.98. The van der Waals surface area contributed by atoms with Crippen LogP contribution in [0, 0.1) is 0 Å². The molecule has 5 heteroatoms. The Labute approximate surface area is 128 Å². The van der Waals surface area contributed by atoms with Crippen molar-refractivity contribution >= 4 is 33.3 Å². The maximum atomic E-state index is 4.42. The molecule has 4 nitrogen and oxygen atoms in total. The molecule has 0 bridgehead atoms. The molecular weight excluding hydrogens is 316 g/mol. The van der Waals surface area contributed by atoms with Gasteiger partial charge in [-0.05, 0) is 41.4 Å². The zero-order valence-corrected chi connectivity index (χ0v) is 13.4. The third-order valence-corrected chi connectivity index (χ3v) is 3.68. The molecule has 0 unspecified atom stereocenters. The van der Waals surface area contributed by atoms with E-state index in [9.17, 15) is 0 Å². The van der Waals surface area contributed by atoms with Gasteiger partial charge in [0, 0.05) is 18.8 Å². The molecule has 106 valence electrons. The van der Waals surface area contributed by atoms with Crippen LogP contribution in [0.15, 0.2) is 41.1 Å². The molecule has 0 radical (unpaired) electrons. The second-order valence-electron chi connectivity index (χ2n) is 4.37. The van der Waals surface area contributed by atoms with Gasteiger partial charge in [-0.3, -0.25) is 0 Å². The quantitative estimate of drug-likeness (QED) is 0.858. The van der Waals surface area contributed by atoms with Gasteiger partial charge >= 0.3 is 0 Å². The molecule has 0 spiro atoms. The van der Waals surface area contributed by atoms with Crippen molar-refractivity contribution in [2.45, 2.75) is 20.3 Å². The molecule has 0 atom stereocenters. The minimum atomic E-state index is 0.839. The average molecular weight is 335 g/mol. The molecule has 1 heterocycles. The lowest BCUT2D eigenvalue weighted by Crippen LogP contribution is -2.18. The van der Waals surface area contributed by atoms with E-state index in [1.54, 1.807) is 6.33 Å². The van der Waals surface area contributed by atoms with Crippen LogP contribution in [0.3, 0.4) is 0 Å². The van der Waals surface area contributed by atoms with Crippen molar-refractivity contribution in [2.24, 2.45) is 0 Å². The van der Waals surface area contributed by atoms with Crippen LogP contribution in [0.1, 0.15) is 20.3 Å². The lowest BCUT2D eigenvalue weighted by molar-refractivity contribution is 0.943. The zero-order chi connectivity index (χ0) is 14.4. The minimum absolute atomic E-state index is 0.839. The van der Waals surface area contributed by atoms with Crippen LogP contribution >= 0.6 is 15.9 Å². The van der Waals surface area contributed by atoms with Crippen LogP contribution in [0.5, 0.6) is 0 Å². The lowest BCUT2D eigenvalue weighted by atomic mass is 10.3. The van der Waals surface area contributed by atoms with Gasteiger partial charge in [-0.25, -0.2) is 9.97 Å². The number of para-hydroxylation sites is 1. The Bertz CT molecular complexity index is 545. The highest BCUT2D eigenvalue weighted by molar-refractivity contribution is 9.10. The zero-order valence-electron chi connectivity index (χ0n) is 11.8. The molecule has 1 aromatic heterocycles. The second-order valence-corrected chi connectivity index (χ2v) is 5.16. The molecule has 1 aromatic carbocycles. The lowest BCUT2D eigenvalue weighted by Gasteiger charge is -2.23. The summed E-state index contributed by atoms with van der Waals surface area (Å²) in [5, 5.41) is 3.31. The highest BCUT2D eigenvalue weighted by atomic mass is 79.9. The molecule has 0 fully saturated rings. The van der Waals surface area contributed by atoms with E-state index in [4.69, 9.17) is 0 Å². The van der Waals surface area contributed by atoms with Crippen LogP contribution in [0.2, 0.25) is 0 Å². The van der Waals surface area contributed by atoms with Crippen molar-refractivity contribution < 1.29 is 0 Å². The van der Waals surface area contributed by atoms with Crippen LogP contribution < -0.4 is 10.2 Å². The number of anilines is 3. The Morgan fingerprint density at radius 3 is 2.55 bits per heavy atom. The third kappa shape index (κ3) is 3.28. The molecule has 0 aliphatic heterocycles. The molecule has 20 heavy (non-hydrogen) atoms. The smallest absolute Gasteiger partial charge is 0.152 e. The van der Waals surface area contributed by atoms with Crippen LogP contribution in [0.4, 0.5) is 17.3 Å². The second kappa shape index (κ2) is 7.24. The predicted octanol–water partition coefficient (Wildman–Crippen LogP) is 4.22. The molecule has 2 rings (SSSR count). The summed E-state index contributed by atoms with van der Waals surface area (Å²) in [4.78, 5) is 10.9. The summed E-state index contributed by atoms with van der Waals surface area (Å²) in [6, 6.07) is 10.2. The summed E-state index contributed by atoms with van der Waals surface area (Å²) < 4.78 is 0.902. The van der Waals surface area contributed by atoms with E-state index >= 15 is 0 Å². The third-order valence-electron chi connectivity index (χ3n) is 2.95. The normalized spacial score (nSPS) is 10.3. The Morgan fingerprint density at radius 2 is 1.90 bits per heavy atom. The first-order chi connectivity index (χ1) is 9.77. The van der Waals surface area contributed by atoms with Crippen molar-refractivity contribution in [1.82, 2.24) is 9.97 Å². The number of rotatable bonds is 6. The van der Waals surface area contributed by atoms with E-state index in [1.165, 1.54) is 0 Å². The first-order valence-corrected chi connectivity index (χ1v) is 7.64. The van der Waals surface area contributed by atoms with Crippen molar-refractivity contribution in [1.29, 1.82) is 0 Å². The fourth-order valence-corrected chi connectivity index (χ4v) is 2.54. The van der Waals surface area contributed by atoms with E-state index in [0.717, 1.165) is 41.3 Å². The van der Waals surface area contributed by atoms with Gasteiger partial charge in [0.25, 0.3) is 0 Å². The van der Waals surface area contributed by atoms with E-state index < -0.39 is 0 Å². The summed E-state index contributed by atoms with van der Waals surface area (Å²) >= 11 is 3.62. The molecule has 0 amide bonds. The number of aromatic nitrogens is 2. The Kier molecular flexibility index (Phi) is 5.35. The molecule has 0 aliphatic rings. The van der Waals surface area contributed by atoms with Gasteiger partial charge in [-0.15, -0.1) is 0 Å². The van der Waals surface area contributed by atoms with E-state index in [-0.39, 0.29) is 0 Å². The summed E-state index contributed by atoms with van der Waals surface area (Å²) in [6.07, 6.45) is 2.66. The number of nitrogens with zero attached hydrogens (tertiary/aromatic N) is 3. The first-order valence-electron chi connectivity index (χ1n) is 6.84. The van der Waals surface area contributed by atoms with Gasteiger partial charge in [-0.1, -0.05) is 25.1 Å². The number of hydrogen-bond donors (Lipinski definition) is 1. The number of nitrogens with one attached hydrogen (secondary N) is 1. The standard InChI is InChI=1S/C15H19BrN4/c1-3-10-17-14-13(16)15(19-11-18-14)20(4-2)12-8-6-5-7-9-12/h5-9,11H,3-4,10H2,1-2H3,(H,17,18,19). The first kappa shape index (κ1) is 14.8. The van der Waals surface area contributed by atoms with Gasteiger partial charge in [0.05, 0.1) is 0 Å². The summed E-state index contributed by atoms with van der Waals surface area (Å²) in [7, 11) is 0. The van der Waals surface area contributed by atoms with Crippen LogP contribution in [0.25, 0.3) is 0 Å². The Balaban J connectivity index is 2.35. The highest BCUT2D eigenvalue weighted by Gasteiger charge is 2.15. The van der Waals surface area contributed by atoms with Gasteiger partial charge in [0.2, 0.25) is 0 Å². The minimum Gasteiger partial charge on any atom is -0.369 e. The number of benzene rings is 1. The van der Waals surface area contributed by atoms with Crippen molar-refractivity contribution in [2.75, 3.05) is 23.3 Å². The van der Waals surface area contributed by atoms with Crippen LogP contribution in [-0.2, 0) is 0 Å². The van der Waals surface area contributed by atoms with Gasteiger partial charge in [0.15, 0.2) is 5.82 Å². The van der Waals surface area contributed by atoms with Crippen molar-refractivity contribution in [3.8, 4) is 0 Å². The number of halogens is 1. The van der Waals surface area contributed by atoms with Crippen molar-refractivity contribution in [3.05, 3.63) is 41.1 Å². The van der Waals surface area contributed by atoms with Crippen LogP contribution in [-0.4, -0.2) is 23.1 Å². The van der Waals surface area contributed by atoms with Gasteiger partial charge < -0.3 is 10.2 Å². The fourth-order valence-electron chi connectivity index (χ4n) is 1.98. The topological polar surface area (TPSA) is 41.1 Å². The molecule has 0 saturated carbocycles. The van der Waals surface area contributed by atoms with Gasteiger partial charge in [0.1, 0.15) is 16.6 Å². The molecule has 1 N–H and O–H groups in total. The van der Waals surface area contributed by atoms with E-state index in [1.807, 2.05) is 18.2 Å². The van der Waals surface area contributed by atoms with E-state index in [0.29, 0.717) is 0 Å². The Morgan fingerprint density at radius 1 is 1.15 bits per heavy atom. The maximum Gasteiger partial charge on any atom is 0.152 e. The Hall–Kier alpha value is -1.62. The number of hydrogen-bond acceptors (Lipinski definition) is 4. The summed E-state index contributed by atoms with van der Waals surface area (Å²) in [5.41, 5.74) is 1.12.